The van der Waals surface area contributed by atoms with Crippen LogP contribution in [0, 0.1) is 19.7 Å². The molecule has 0 fully saturated rings. The maximum atomic E-state index is 13.7. The molecule has 2 nitrogen and oxygen atoms in total. The molecular weight excluding hydrogens is 253 g/mol. The summed E-state index contributed by atoms with van der Waals surface area (Å²) in [5.74, 6) is 0.523. The van der Waals surface area contributed by atoms with Gasteiger partial charge in [-0.1, -0.05) is 29.8 Å². The van der Waals surface area contributed by atoms with E-state index in [9.17, 15) is 4.39 Å². The minimum Gasteiger partial charge on any atom is -0.494 e. The molecule has 0 saturated heterocycles. The smallest absolute Gasteiger partial charge is 0.126 e. The third-order valence-corrected chi connectivity index (χ3v) is 3.36. The lowest BCUT2D eigenvalue weighted by molar-refractivity contribution is 0.335. The Bertz CT molecular complexity index is 610. The Morgan fingerprint density at radius 1 is 1.15 bits per heavy atom. The summed E-state index contributed by atoms with van der Waals surface area (Å²) in [6.45, 7) is 6.25. The molecule has 2 aromatic carbocycles. The van der Waals surface area contributed by atoms with Crippen molar-refractivity contribution in [3.63, 3.8) is 0 Å². The van der Waals surface area contributed by atoms with Gasteiger partial charge in [-0.25, -0.2) is 4.39 Å². The van der Waals surface area contributed by atoms with Gasteiger partial charge < -0.3 is 10.5 Å². The standard InChI is InChI=1S/C17H20FNO/c1-4-20-16-8-5-11(2)9-14(16)17(19)13-7-6-12(3)15(18)10-13/h5-10,17H,4,19H2,1-3H3. The van der Waals surface area contributed by atoms with Gasteiger partial charge in [0.2, 0.25) is 0 Å². The van der Waals surface area contributed by atoms with Gasteiger partial charge in [0, 0.05) is 5.56 Å². The second kappa shape index (κ2) is 6.06. The molecule has 2 N–H and O–H groups in total. The Morgan fingerprint density at radius 3 is 2.55 bits per heavy atom. The predicted molar refractivity (Wildman–Crippen MR) is 79.5 cm³/mol. The summed E-state index contributed by atoms with van der Waals surface area (Å²) < 4.78 is 19.3. The number of benzene rings is 2. The Morgan fingerprint density at radius 2 is 1.90 bits per heavy atom. The highest BCUT2D eigenvalue weighted by molar-refractivity contribution is 5.44. The van der Waals surface area contributed by atoms with Crippen LogP contribution in [0.15, 0.2) is 36.4 Å². The molecule has 0 amide bonds. The van der Waals surface area contributed by atoms with Crippen molar-refractivity contribution in [2.24, 2.45) is 5.73 Å². The van der Waals surface area contributed by atoms with E-state index in [4.69, 9.17) is 10.5 Å². The van der Waals surface area contributed by atoms with E-state index in [2.05, 4.69) is 0 Å². The van der Waals surface area contributed by atoms with Crippen molar-refractivity contribution in [1.82, 2.24) is 0 Å². The molecule has 0 heterocycles. The van der Waals surface area contributed by atoms with E-state index in [0.29, 0.717) is 12.2 Å². The van der Waals surface area contributed by atoms with Gasteiger partial charge >= 0.3 is 0 Å². The SMILES string of the molecule is CCOc1ccc(C)cc1C(N)c1ccc(C)c(F)c1. The lowest BCUT2D eigenvalue weighted by Gasteiger charge is -2.18. The number of ether oxygens (including phenoxy) is 1. The number of aryl methyl sites for hydroxylation is 2. The minimum atomic E-state index is -0.397. The molecule has 0 radical (unpaired) electrons. The molecule has 20 heavy (non-hydrogen) atoms. The molecule has 0 saturated carbocycles. The molecule has 0 aliphatic rings. The number of rotatable bonds is 4. The number of halogens is 1. The lowest BCUT2D eigenvalue weighted by atomic mass is 9.96. The average molecular weight is 273 g/mol. The van der Waals surface area contributed by atoms with Crippen LogP contribution in [0.3, 0.4) is 0 Å². The van der Waals surface area contributed by atoms with E-state index in [1.54, 1.807) is 13.0 Å². The van der Waals surface area contributed by atoms with E-state index >= 15 is 0 Å². The molecular formula is C17H20FNO. The largest absolute Gasteiger partial charge is 0.494 e. The topological polar surface area (TPSA) is 35.2 Å². The molecule has 0 aliphatic heterocycles. The van der Waals surface area contributed by atoms with Crippen LogP contribution in [0.5, 0.6) is 5.75 Å². The zero-order valence-corrected chi connectivity index (χ0v) is 12.1. The van der Waals surface area contributed by atoms with Crippen LogP contribution >= 0.6 is 0 Å². The third-order valence-electron chi connectivity index (χ3n) is 3.36. The maximum Gasteiger partial charge on any atom is 0.126 e. The highest BCUT2D eigenvalue weighted by Gasteiger charge is 2.15. The molecule has 2 aromatic rings. The molecule has 0 spiro atoms. The van der Waals surface area contributed by atoms with Gasteiger partial charge in [0.15, 0.2) is 0 Å². The van der Waals surface area contributed by atoms with Gasteiger partial charge in [0.1, 0.15) is 11.6 Å². The third kappa shape index (κ3) is 2.99. The summed E-state index contributed by atoms with van der Waals surface area (Å²) in [6.07, 6.45) is 0. The summed E-state index contributed by atoms with van der Waals surface area (Å²) in [6, 6.07) is 10.6. The van der Waals surface area contributed by atoms with E-state index < -0.39 is 6.04 Å². The fourth-order valence-electron chi connectivity index (χ4n) is 2.18. The average Bonchev–Trinajstić information content (AvgIpc) is 2.43. The Kier molecular flexibility index (Phi) is 4.40. The van der Waals surface area contributed by atoms with E-state index in [-0.39, 0.29) is 5.82 Å². The quantitative estimate of drug-likeness (QED) is 0.917. The van der Waals surface area contributed by atoms with Gasteiger partial charge in [-0.3, -0.25) is 0 Å². The summed E-state index contributed by atoms with van der Waals surface area (Å²) in [5.41, 5.74) is 9.65. The fraction of sp³-hybridized carbons (Fsp3) is 0.294. The maximum absolute atomic E-state index is 13.7. The molecule has 2 rings (SSSR count). The van der Waals surface area contributed by atoms with Crippen molar-refractivity contribution in [3.8, 4) is 5.75 Å². The monoisotopic (exact) mass is 273 g/mol. The first-order valence-electron chi connectivity index (χ1n) is 6.78. The Balaban J connectivity index is 2.43. The summed E-state index contributed by atoms with van der Waals surface area (Å²) in [7, 11) is 0. The number of hydrogen-bond acceptors (Lipinski definition) is 2. The first-order valence-corrected chi connectivity index (χ1v) is 6.78. The van der Waals surface area contributed by atoms with Crippen LogP contribution in [0.25, 0.3) is 0 Å². The molecule has 3 heteroatoms. The second-order valence-corrected chi connectivity index (χ2v) is 4.96. The van der Waals surface area contributed by atoms with Crippen LogP contribution < -0.4 is 10.5 Å². The van der Waals surface area contributed by atoms with Crippen molar-refractivity contribution >= 4 is 0 Å². The second-order valence-electron chi connectivity index (χ2n) is 4.96. The zero-order valence-electron chi connectivity index (χ0n) is 12.1. The van der Waals surface area contributed by atoms with Crippen molar-refractivity contribution in [2.45, 2.75) is 26.8 Å². The van der Waals surface area contributed by atoms with Crippen molar-refractivity contribution in [3.05, 3.63) is 64.5 Å². The number of nitrogens with two attached hydrogens (primary N) is 1. The Hall–Kier alpha value is -1.87. The van der Waals surface area contributed by atoms with Gasteiger partial charge in [0.25, 0.3) is 0 Å². The normalized spacial score (nSPS) is 12.2. The fourth-order valence-corrected chi connectivity index (χ4v) is 2.18. The number of hydrogen-bond donors (Lipinski definition) is 1. The zero-order chi connectivity index (χ0) is 14.7. The van der Waals surface area contributed by atoms with Gasteiger partial charge in [-0.15, -0.1) is 0 Å². The van der Waals surface area contributed by atoms with Gasteiger partial charge in [0.05, 0.1) is 12.6 Å². The van der Waals surface area contributed by atoms with E-state index in [1.807, 2.05) is 38.1 Å². The first-order chi connectivity index (χ1) is 9.52. The summed E-state index contributed by atoms with van der Waals surface area (Å²) in [4.78, 5) is 0. The molecule has 106 valence electrons. The van der Waals surface area contributed by atoms with Crippen LogP contribution in [-0.2, 0) is 0 Å². The summed E-state index contributed by atoms with van der Waals surface area (Å²) >= 11 is 0. The predicted octanol–water partition coefficient (Wildman–Crippen LogP) is 3.89. The molecule has 1 atom stereocenters. The van der Waals surface area contributed by atoms with Crippen molar-refractivity contribution < 1.29 is 9.13 Å². The van der Waals surface area contributed by atoms with Crippen LogP contribution in [0.2, 0.25) is 0 Å². The highest BCUT2D eigenvalue weighted by Crippen LogP contribution is 2.30. The molecule has 0 aliphatic carbocycles. The van der Waals surface area contributed by atoms with Gasteiger partial charge in [-0.2, -0.15) is 0 Å². The highest BCUT2D eigenvalue weighted by atomic mass is 19.1. The lowest BCUT2D eigenvalue weighted by Crippen LogP contribution is -2.14. The van der Waals surface area contributed by atoms with E-state index in [1.165, 1.54) is 6.07 Å². The Labute approximate surface area is 119 Å². The molecule has 1 unspecified atom stereocenters. The minimum absolute atomic E-state index is 0.233. The van der Waals surface area contributed by atoms with Crippen molar-refractivity contribution in [2.75, 3.05) is 6.61 Å². The first kappa shape index (κ1) is 14.5. The molecule has 0 bridgehead atoms. The molecule has 0 aromatic heterocycles. The van der Waals surface area contributed by atoms with Gasteiger partial charge in [-0.05, 0) is 44.0 Å². The van der Waals surface area contributed by atoms with Crippen LogP contribution in [-0.4, -0.2) is 6.61 Å². The summed E-state index contributed by atoms with van der Waals surface area (Å²) in [5, 5.41) is 0. The van der Waals surface area contributed by atoms with E-state index in [0.717, 1.165) is 22.4 Å². The van der Waals surface area contributed by atoms with Crippen molar-refractivity contribution in [1.29, 1.82) is 0 Å². The van der Waals surface area contributed by atoms with Crippen LogP contribution in [0.4, 0.5) is 4.39 Å². The van der Waals surface area contributed by atoms with Crippen LogP contribution in [0.1, 0.15) is 35.2 Å².